The monoisotopic (exact) mass is 637 g/mol. The van der Waals surface area contributed by atoms with E-state index in [0.717, 1.165) is 57.2 Å². The van der Waals surface area contributed by atoms with E-state index in [1.807, 2.05) is 32.0 Å². The lowest BCUT2D eigenvalue weighted by atomic mass is 9.88. The summed E-state index contributed by atoms with van der Waals surface area (Å²) in [6.07, 6.45) is 7.56. The Labute approximate surface area is 275 Å². The Kier molecular flexibility index (Phi) is 13.7. The second kappa shape index (κ2) is 17.7. The minimum absolute atomic E-state index is 0.000868. The Bertz CT molecular complexity index is 1250. The van der Waals surface area contributed by atoms with Crippen LogP contribution >= 0.6 is 0 Å². The fourth-order valence-corrected chi connectivity index (χ4v) is 6.49. The van der Waals surface area contributed by atoms with Crippen LogP contribution in [0.5, 0.6) is 11.5 Å². The van der Waals surface area contributed by atoms with Gasteiger partial charge < -0.3 is 29.5 Å². The molecular weight excluding hydrogens is 582 g/mol. The molecule has 2 N–H and O–H groups in total. The first-order valence-electron chi connectivity index (χ1n) is 17.1. The maximum atomic E-state index is 14.4. The molecule has 4 rings (SSSR count). The van der Waals surface area contributed by atoms with Gasteiger partial charge in [-0.2, -0.15) is 0 Å². The summed E-state index contributed by atoms with van der Waals surface area (Å²) in [6, 6.07) is 13.0. The van der Waals surface area contributed by atoms with Crippen LogP contribution in [-0.2, 0) is 16.1 Å². The summed E-state index contributed by atoms with van der Waals surface area (Å²) in [5.74, 6) is 1.09. The van der Waals surface area contributed by atoms with E-state index in [-0.39, 0.29) is 42.5 Å². The number of aliphatic hydroxyl groups excluding tert-OH is 1. The third-order valence-corrected chi connectivity index (χ3v) is 9.40. The fraction of sp³-hybridized carbons (Fsp3) is 0.622. The van der Waals surface area contributed by atoms with Gasteiger partial charge in [0.05, 0.1) is 37.5 Å². The number of benzene rings is 2. The van der Waals surface area contributed by atoms with Crippen molar-refractivity contribution >= 4 is 17.5 Å². The SMILES string of the molecule is COc1ccc(CN(C)C[C@H]2OCCCC[C@@H](C)Oc3ccc(NC(=O)C4CCCCC4)cc3C(=O)N([C@H](C)CO)C[C@@H]2C)cc1. The highest BCUT2D eigenvalue weighted by molar-refractivity contribution is 6.00. The summed E-state index contributed by atoms with van der Waals surface area (Å²) in [4.78, 5) is 31.4. The Morgan fingerprint density at radius 1 is 1.07 bits per heavy atom. The molecule has 4 atom stereocenters. The van der Waals surface area contributed by atoms with Crippen LogP contribution in [0.15, 0.2) is 42.5 Å². The van der Waals surface area contributed by atoms with Crippen molar-refractivity contribution in [2.75, 3.05) is 45.8 Å². The van der Waals surface area contributed by atoms with Crippen molar-refractivity contribution in [3.8, 4) is 11.5 Å². The summed E-state index contributed by atoms with van der Waals surface area (Å²) >= 11 is 0. The van der Waals surface area contributed by atoms with Crippen LogP contribution in [0.4, 0.5) is 5.69 Å². The van der Waals surface area contributed by atoms with Crippen LogP contribution in [0.1, 0.15) is 88.1 Å². The molecule has 1 saturated carbocycles. The number of likely N-dealkylation sites (N-methyl/N-ethyl adjacent to an activating group) is 1. The van der Waals surface area contributed by atoms with Crippen molar-refractivity contribution in [1.82, 2.24) is 9.80 Å². The Morgan fingerprint density at radius 2 is 1.78 bits per heavy atom. The number of aliphatic hydroxyl groups is 1. The van der Waals surface area contributed by atoms with E-state index in [2.05, 4.69) is 36.3 Å². The first kappa shape index (κ1) is 35.7. The Morgan fingerprint density at radius 3 is 2.48 bits per heavy atom. The summed E-state index contributed by atoms with van der Waals surface area (Å²) < 4.78 is 18.2. The van der Waals surface area contributed by atoms with E-state index >= 15 is 0 Å². The molecule has 254 valence electrons. The zero-order chi connectivity index (χ0) is 33.1. The van der Waals surface area contributed by atoms with E-state index in [9.17, 15) is 14.7 Å². The van der Waals surface area contributed by atoms with Crippen LogP contribution in [0.25, 0.3) is 0 Å². The normalized spacial score (nSPS) is 22.8. The van der Waals surface area contributed by atoms with Gasteiger partial charge in [0.15, 0.2) is 0 Å². The molecule has 9 nitrogen and oxygen atoms in total. The maximum absolute atomic E-state index is 14.4. The lowest BCUT2D eigenvalue weighted by Gasteiger charge is -2.36. The average molecular weight is 638 g/mol. The number of nitrogens with zero attached hydrogens (tertiary/aromatic N) is 2. The zero-order valence-corrected chi connectivity index (χ0v) is 28.5. The molecule has 2 aromatic carbocycles. The molecule has 9 heteroatoms. The summed E-state index contributed by atoms with van der Waals surface area (Å²) in [5.41, 5.74) is 2.16. The largest absolute Gasteiger partial charge is 0.497 e. The molecule has 46 heavy (non-hydrogen) atoms. The van der Waals surface area contributed by atoms with Crippen LogP contribution in [0.3, 0.4) is 0 Å². The number of rotatable bonds is 9. The number of amides is 2. The lowest BCUT2D eigenvalue weighted by Crippen LogP contribution is -2.47. The molecule has 1 heterocycles. The highest BCUT2D eigenvalue weighted by Gasteiger charge is 2.31. The van der Waals surface area contributed by atoms with Gasteiger partial charge in [-0.1, -0.05) is 38.3 Å². The molecule has 2 amide bonds. The Hall–Kier alpha value is -3.14. The number of carbonyl (C=O) groups excluding carboxylic acids is 2. The molecule has 1 aliphatic carbocycles. The van der Waals surface area contributed by atoms with E-state index in [1.54, 1.807) is 24.1 Å². The minimum atomic E-state index is -0.425. The van der Waals surface area contributed by atoms with E-state index < -0.39 is 6.04 Å². The van der Waals surface area contributed by atoms with Gasteiger partial charge in [0, 0.05) is 43.8 Å². The second-order valence-corrected chi connectivity index (χ2v) is 13.4. The molecule has 1 fully saturated rings. The first-order chi connectivity index (χ1) is 22.2. The standard InChI is InChI=1S/C37H55N3O6/c1-26-22-40(27(2)25-41)37(43)33-21-31(38-36(42)30-12-7-6-8-13-30)16-19-34(33)46-28(3)11-9-10-20-45-35(26)24-39(4)23-29-14-17-32(44-5)18-15-29/h14-19,21,26-28,30,35,41H,6-13,20,22-25H2,1-5H3,(H,38,42)/t26-,27+,28+,35+/m0/s1. The fourth-order valence-electron chi connectivity index (χ4n) is 6.49. The maximum Gasteiger partial charge on any atom is 0.258 e. The third kappa shape index (κ3) is 10.2. The molecule has 0 unspecified atom stereocenters. The number of nitrogens with one attached hydrogen (secondary N) is 1. The molecule has 0 radical (unpaired) electrons. The van der Waals surface area contributed by atoms with Crippen molar-refractivity contribution < 1.29 is 28.9 Å². The number of fused-ring (bicyclic) bond motifs is 1. The van der Waals surface area contributed by atoms with Gasteiger partial charge in [0.2, 0.25) is 5.91 Å². The molecule has 0 saturated heterocycles. The van der Waals surface area contributed by atoms with Crippen molar-refractivity contribution in [3.05, 3.63) is 53.6 Å². The topological polar surface area (TPSA) is 101 Å². The second-order valence-electron chi connectivity index (χ2n) is 13.4. The predicted molar refractivity (Wildman–Crippen MR) is 181 cm³/mol. The van der Waals surface area contributed by atoms with Crippen LogP contribution in [0, 0.1) is 11.8 Å². The number of methoxy groups -OCH3 is 1. The highest BCUT2D eigenvalue weighted by Crippen LogP contribution is 2.30. The Balaban J connectivity index is 1.57. The number of carbonyl (C=O) groups is 2. The first-order valence-corrected chi connectivity index (χ1v) is 17.1. The number of hydrogen-bond donors (Lipinski definition) is 2. The summed E-state index contributed by atoms with van der Waals surface area (Å²) in [7, 11) is 3.75. The quantitative estimate of drug-likeness (QED) is 0.341. The van der Waals surface area contributed by atoms with Crippen molar-refractivity contribution in [1.29, 1.82) is 0 Å². The molecule has 0 bridgehead atoms. The van der Waals surface area contributed by atoms with E-state index in [0.29, 0.717) is 36.7 Å². The zero-order valence-electron chi connectivity index (χ0n) is 28.5. The number of hydrogen-bond acceptors (Lipinski definition) is 7. The summed E-state index contributed by atoms with van der Waals surface area (Å²) in [6.45, 7) is 8.29. The summed E-state index contributed by atoms with van der Waals surface area (Å²) in [5, 5.41) is 13.3. The van der Waals surface area contributed by atoms with Gasteiger partial charge in [-0.3, -0.25) is 14.5 Å². The molecule has 0 spiro atoms. The van der Waals surface area contributed by atoms with Gasteiger partial charge in [-0.15, -0.1) is 0 Å². The predicted octanol–water partition coefficient (Wildman–Crippen LogP) is 6.14. The molecule has 2 aliphatic rings. The van der Waals surface area contributed by atoms with Gasteiger partial charge in [0.25, 0.3) is 5.91 Å². The third-order valence-electron chi connectivity index (χ3n) is 9.40. The smallest absolute Gasteiger partial charge is 0.258 e. The van der Waals surface area contributed by atoms with E-state index in [1.165, 1.54) is 12.0 Å². The lowest BCUT2D eigenvalue weighted by molar-refractivity contribution is -0.120. The highest BCUT2D eigenvalue weighted by atomic mass is 16.5. The van der Waals surface area contributed by atoms with Crippen LogP contribution in [-0.4, -0.2) is 85.4 Å². The number of ether oxygens (including phenoxy) is 3. The van der Waals surface area contributed by atoms with Gasteiger partial charge in [-0.05, 0) is 88.9 Å². The molecule has 0 aromatic heterocycles. The minimum Gasteiger partial charge on any atom is -0.497 e. The van der Waals surface area contributed by atoms with Gasteiger partial charge >= 0.3 is 0 Å². The van der Waals surface area contributed by atoms with Gasteiger partial charge in [-0.25, -0.2) is 0 Å². The average Bonchev–Trinajstić information content (AvgIpc) is 3.06. The van der Waals surface area contributed by atoms with Gasteiger partial charge in [0.1, 0.15) is 11.5 Å². The van der Waals surface area contributed by atoms with Crippen molar-refractivity contribution in [2.45, 2.75) is 96.9 Å². The van der Waals surface area contributed by atoms with Crippen molar-refractivity contribution in [3.63, 3.8) is 0 Å². The molecule has 2 aromatic rings. The van der Waals surface area contributed by atoms with E-state index in [4.69, 9.17) is 14.2 Å². The molecular formula is C37H55N3O6. The molecule has 1 aliphatic heterocycles. The van der Waals surface area contributed by atoms with Crippen molar-refractivity contribution in [2.24, 2.45) is 11.8 Å². The number of anilines is 1. The van der Waals surface area contributed by atoms with Crippen LogP contribution in [0.2, 0.25) is 0 Å². The van der Waals surface area contributed by atoms with Crippen LogP contribution < -0.4 is 14.8 Å².